The fourth-order valence-corrected chi connectivity index (χ4v) is 2.35. The van der Waals surface area contributed by atoms with Gasteiger partial charge in [-0.05, 0) is 18.8 Å². The van der Waals surface area contributed by atoms with Crippen LogP contribution in [0.2, 0.25) is 0 Å². The number of hydrogen-bond acceptors (Lipinski definition) is 5. The van der Waals surface area contributed by atoms with Crippen molar-refractivity contribution in [2.75, 3.05) is 11.9 Å². The molecule has 0 saturated heterocycles. The molecule has 1 rings (SSSR count). The second-order valence-corrected chi connectivity index (χ2v) is 5.83. The monoisotopic (exact) mass is 359 g/mol. The number of benzene rings is 1. The summed E-state index contributed by atoms with van der Waals surface area (Å²) in [6.45, 7) is 4.70. The van der Waals surface area contributed by atoms with Crippen LogP contribution in [0.1, 0.15) is 33.1 Å². The van der Waals surface area contributed by atoms with Gasteiger partial charge in [-0.15, -0.1) is 0 Å². The minimum Gasteiger partial charge on any atom is -0.374 e. The van der Waals surface area contributed by atoms with Crippen molar-refractivity contribution in [2.45, 2.75) is 33.1 Å². The lowest BCUT2D eigenvalue weighted by molar-refractivity contribution is -0.392. The summed E-state index contributed by atoms with van der Waals surface area (Å²) in [7, 11) is 0. The maximum atomic E-state index is 11.1. The molecule has 0 amide bonds. The third-order valence-corrected chi connectivity index (χ3v) is 3.79. The van der Waals surface area contributed by atoms with Crippen LogP contribution in [0.15, 0.2) is 16.6 Å². The topological polar surface area (TPSA) is 98.3 Å². The van der Waals surface area contributed by atoms with Crippen LogP contribution in [0.4, 0.5) is 17.1 Å². The van der Waals surface area contributed by atoms with E-state index in [1.165, 1.54) is 12.1 Å². The van der Waals surface area contributed by atoms with Crippen molar-refractivity contribution in [3.05, 3.63) is 36.8 Å². The standard InChI is InChI=1S/C13H18BrN3O4/c1-3-9(2)5-4-6-15-13-11(16(18)19)7-10(14)8-12(13)17(20)21/h7-9,15H,3-6H2,1-2H3. The lowest BCUT2D eigenvalue weighted by atomic mass is 10.0. The quantitative estimate of drug-likeness (QED) is 0.418. The number of nitro groups is 2. The molecule has 1 atom stereocenters. The number of hydrogen-bond donors (Lipinski definition) is 1. The Balaban J connectivity index is 2.92. The van der Waals surface area contributed by atoms with Gasteiger partial charge in [-0.2, -0.15) is 0 Å². The Morgan fingerprint density at radius 3 is 2.19 bits per heavy atom. The Labute approximate surface area is 131 Å². The first kappa shape index (κ1) is 17.4. The van der Waals surface area contributed by atoms with E-state index < -0.39 is 9.85 Å². The van der Waals surface area contributed by atoms with E-state index in [1.54, 1.807) is 0 Å². The number of anilines is 1. The molecule has 1 aromatic rings. The van der Waals surface area contributed by atoms with Gasteiger partial charge in [-0.25, -0.2) is 0 Å². The number of nitrogens with zero attached hydrogens (tertiary/aromatic N) is 2. The molecule has 0 aliphatic carbocycles. The lowest BCUT2D eigenvalue weighted by Gasteiger charge is -2.10. The van der Waals surface area contributed by atoms with Gasteiger partial charge >= 0.3 is 11.4 Å². The van der Waals surface area contributed by atoms with E-state index in [2.05, 4.69) is 35.1 Å². The predicted octanol–water partition coefficient (Wildman–Crippen LogP) is 4.50. The van der Waals surface area contributed by atoms with Crippen LogP contribution < -0.4 is 5.32 Å². The summed E-state index contributed by atoms with van der Waals surface area (Å²) in [6.07, 6.45) is 2.85. The summed E-state index contributed by atoms with van der Waals surface area (Å²) < 4.78 is 0.311. The molecule has 8 heteroatoms. The van der Waals surface area contributed by atoms with Crippen LogP contribution in [0.25, 0.3) is 0 Å². The lowest BCUT2D eigenvalue weighted by Crippen LogP contribution is -2.08. The fraction of sp³-hybridized carbons (Fsp3) is 0.538. The van der Waals surface area contributed by atoms with Crippen molar-refractivity contribution in [3.63, 3.8) is 0 Å². The molecule has 0 spiro atoms. The number of halogens is 1. The minimum absolute atomic E-state index is 0.0302. The average Bonchev–Trinajstić information content (AvgIpc) is 2.43. The first-order chi connectivity index (χ1) is 9.86. The zero-order valence-electron chi connectivity index (χ0n) is 12.0. The summed E-state index contributed by atoms with van der Waals surface area (Å²) in [5.74, 6) is 0.571. The summed E-state index contributed by atoms with van der Waals surface area (Å²) in [5, 5.41) is 25.0. The van der Waals surface area contributed by atoms with E-state index >= 15 is 0 Å². The van der Waals surface area contributed by atoms with Crippen molar-refractivity contribution in [1.82, 2.24) is 0 Å². The molecule has 0 aromatic heterocycles. The first-order valence-corrected chi connectivity index (χ1v) is 7.52. The van der Waals surface area contributed by atoms with Gasteiger partial charge in [0.15, 0.2) is 5.69 Å². The van der Waals surface area contributed by atoms with Gasteiger partial charge in [0.1, 0.15) is 0 Å². The third kappa shape index (κ3) is 4.96. The smallest absolute Gasteiger partial charge is 0.300 e. The van der Waals surface area contributed by atoms with E-state index in [0.717, 1.165) is 19.3 Å². The van der Waals surface area contributed by atoms with Gasteiger partial charge < -0.3 is 5.32 Å². The highest BCUT2D eigenvalue weighted by molar-refractivity contribution is 9.10. The van der Waals surface area contributed by atoms with Crippen molar-refractivity contribution in [1.29, 1.82) is 0 Å². The molecule has 1 N–H and O–H groups in total. The molecule has 116 valence electrons. The largest absolute Gasteiger partial charge is 0.374 e. The van der Waals surface area contributed by atoms with Crippen LogP contribution in [0.3, 0.4) is 0 Å². The van der Waals surface area contributed by atoms with E-state index in [9.17, 15) is 20.2 Å². The van der Waals surface area contributed by atoms with Gasteiger partial charge in [0.05, 0.1) is 9.85 Å². The first-order valence-electron chi connectivity index (χ1n) is 6.73. The van der Waals surface area contributed by atoms with E-state index in [-0.39, 0.29) is 17.1 Å². The van der Waals surface area contributed by atoms with Gasteiger partial charge in [-0.1, -0.05) is 36.2 Å². The molecule has 7 nitrogen and oxygen atoms in total. The summed E-state index contributed by atoms with van der Waals surface area (Å²) in [4.78, 5) is 20.9. The molecular weight excluding hydrogens is 342 g/mol. The Morgan fingerprint density at radius 2 is 1.76 bits per heavy atom. The van der Waals surface area contributed by atoms with E-state index in [1.807, 2.05) is 0 Å². The van der Waals surface area contributed by atoms with Crippen molar-refractivity contribution >= 4 is 33.0 Å². The Hall–Kier alpha value is -1.70. The normalized spacial score (nSPS) is 12.0. The van der Waals surface area contributed by atoms with Crippen LogP contribution in [-0.4, -0.2) is 16.4 Å². The van der Waals surface area contributed by atoms with E-state index in [4.69, 9.17) is 0 Å². The summed E-state index contributed by atoms with van der Waals surface area (Å²) in [5.41, 5.74) is -0.614. The molecule has 0 fully saturated rings. The van der Waals surface area contributed by atoms with Gasteiger partial charge in [0, 0.05) is 23.2 Å². The SMILES string of the molecule is CCC(C)CCCNc1c([N+](=O)[O-])cc(Br)cc1[N+](=O)[O-]. The second-order valence-electron chi connectivity index (χ2n) is 4.92. The second kappa shape index (κ2) is 7.92. The zero-order chi connectivity index (χ0) is 16.0. The molecule has 0 bridgehead atoms. The maximum Gasteiger partial charge on any atom is 0.300 e. The van der Waals surface area contributed by atoms with Gasteiger partial charge in [0.25, 0.3) is 0 Å². The zero-order valence-corrected chi connectivity index (χ0v) is 13.6. The third-order valence-electron chi connectivity index (χ3n) is 3.33. The predicted molar refractivity (Wildman–Crippen MR) is 84.6 cm³/mol. The van der Waals surface area contributed by atoms with Gasteiger partial charge in [-0.3, -0.25) is 20.2 Å². The Morgan fingerprint density at radius 1 is 1.24 bits per heavy atom. The van der Waals surface area contributed by atoms with Crippen molar-refractivity contribution < 1.29 is 9.85 Å². The highest BCUT2D eigenvalue weighted by Gasteiger charge is 2.26. The van der Waals surface area contributed by atoms with Crippen LogP contribution in [0.5, 0.6) is 0 Å². The number of nitro benzene ring substituents is 2. The molecule has 21 heavy (non-hydrogen) atoms. The molecule has 0 aliphatic rings. The molecule has 0 heterocycles. The van der Waals surface area contributed by atoms with Gasteiger partial charge in [0.2, 0.25) is 0 Å². The molecule has 0 aliphatic heterocycles. The number of rotatable bonds is 8. The number of nitrogens with one attached hydrogen (secondary N) is 1. The summed E-state index contributed by atoms with van der Waals surface area (Å²) in [6, 6.07) is 2.54. The Kier molecular flexibility index (Phi) is 6.54. The molecule has 1 unspecified atom stereocenters. The fourth-order valence-electron chi connectivity index (χ4n) is 1.92. The average molecular weight is 360 g/mol. The molecular formula is C13H18BrN3O4. The summed E-state index contributed by atoms with van der Waals surface area (Å²) >= 11 is 3.06. The maximum absolute atomic E-state index is 11.1. The van der Waals surface area contributed by atoms with Crippen molar-refractivity contribution in [3.8, 4) is 0 Å². The Bertz CT molecular complexity index is 501. The van der Waals surface area contributed by atoms with Crippen LogP contribution >= 0.6 is 15.9 Å². The van der Waals surface area contributed by atoms with E-state index in [0.29, 0.717) is 16.9 Å². The van der Waals surface area contributed by atoms with Crippen LogP contribution in [-0.2, 0) is 0 Å². The minimum atomic E-state index is -0.616. The van der Waals surface area contributed by atoms with Crippen molar-refractivity contribution in [2.24, 2.45) is 5.92 Å². The molecule has 0 radical (unpaired) electrons. The molecule has 0 saturated carbocycles. The highest BCUT2D eigenvalue weighted by atomic mass is 79.9. The molecule has 1 aromatic carbocycles. The van der Waals surface area contributed by atoms with Crippen LogP contribution in [0, 0.1) is 26.1 Å². The highest BCUT2D eigenvalue weighted by Crippen LogP contribution is 2.37.